The van der Waals surface area contributed by atoms with E-state index in [-0.39, 0.29) is 11.8 Å². The third kappa shape index (κ3) is 0.803. The van der Waals surface area contributed by atoms with Crippen molar-refractivity contribution >= 4 is 5.91 Å². The van der Waals surface area contributed by atoms with Gasteiger partial charge in [0.15, 0.2) is 0 Å². The first kappa shape index (κ1) is 6.12. The van der Waals surface area contributed by atoms with Gasteiger partial charge in [-0.2, -0.15) is 0 Å². The van der Waals surface area contributed by atoms with Gasteiger partial charge in [0.05, 0.1) is 12.0 Å². The predicted octanol–water partition coefficient (Wildman–Crippen LogP) is -1.32. The van der Waals surface area contributed by atoms with Gasteiger partial charge in [0.1, 0.15) is 0 Å². The fourth-order valence-corrected chi connectivity index (χ4v) is 1.57. The molecule has 0 aromatic rings. The summed E-state index contributed by atoms with van der Waals surface area (Å²) < 4.78 is 0. The Labute approximate surface area is 59.3 Å². The highest BCUT2D eigenvalue weighted by Gasteiger charge is 2.45. The van der Waals surface area contributed by atoms with Gasteiger partial charge >= 0.3 is 0 Å². The van der Waals surface area contributed by atoms with Crippen LogP contribution in [0.4, 0.5) is 0 Å². The Morgan fingerprint density at radius 2 is 2.50 bits per heavy atom. The fourth-order valence-electron chi connectivity index (χ4n) is 1.57. The van der Waals surface area contributed by atoms with Crippen LogP contribution in [-0.2, 0) is 4.79 Å². The molecule has 0 saturated carbocycles. The van der Waals surface area contributed by atoms with E-state index in [0.29, 0.717) is 6.04 Å². The second-order valence-corrected chi connectivity index (χ2v) is 2.93. The molecular weight excluding hydrogens is 130 g/mol. The van der Waals surface area contributed by atoms with E-state index in [0.717, 1.165) is 19.5 Å². The zero-order valence-electron chi connectivity index (χ0n) is 5.71. The van der Waals surface area contributed by atoms with E-state index >= 15 is 0 Å². The lowest BCUT2D eigenvalue weighted by Crippen LogP contribution is -2.40. The summed E-state index contributed by atoms with van der Waals surface area (Å²) in [7, 11) is 0. The first-order valence-corrected chi connectivity index (χ1v) is 3.58. The summed E-state index contributed by atoms with van der Waals surface area (Å²) in [4.78, 5) is 10.8. The third-order valence-corrected chi connectivity index (χ3v) is 2.25. The molecule has 3 unspecified atom stereocenters. The number of carbonyl (C=O) groups is 1. The van der Waals surface area contributed by atoms with E-state index in [1.807, 2.05) is 0 Å². The van der Waals surface area contributed by atoms with Crippen molar-refractivity contribution < 1.29 is 4.79 Å². The van der Waals surface area contributed by atoms with Crippen LogP contribution in [0.5, 0.6) is 0 Å². The number of nitrogens with zero attached hydrogens (tertiary/aromatic N) is 1. The summed E-state index contributed by atoms with van der Waals surface area (Å²) >= 11 is 0. The molecule has 0 spiro atoms. The Morgan fingerprint density at radius 3 is 3.10 bits per heavy atom. The van der Waals surface area contributed by atoms with Gasteiger partial charge < -0.3 is 5.73 Å². The maximum atomic E-state index is 10.8. The van der Waals surface area contributed by atoms with Crippen molar-refractivity contribution in [2.75, 3.05) is 13.1 Å². The van der Waals surface area contributed by atoms with Gasteiger partial charge in [-0.05, 0) is 6.42 Å². The predicted molar refractivity (Wildman–Crippen MR) is 35.8 cm³/mol. The molecule has 0 radical (unpaired) electrons. The summed E-state index contributed by atoms with van der Waals surface area (Å²) in [5.41, 5.74) is 8.36. The summed E-state index contributed by atoms with van der Waals surface area (Å²) in [5, 5.41) is 2.07. The van der Waals surface area contributed by atoms with Gasteiger partial charge in [0, 0.05) is 13.1 Å². The molecule has 2 rings (SSSR count). The Balaban J connectivity index is 2.02. The Kier molecular flexibility index (Phi) is 1.18. The molecule has 2 saturated heterocycles. The minimum Gasteiger partial charge on any atom is -0.369 e. The minimum atomic E-state index is -0.144. The quantitative estimate of drug-likeness (QED) is 0.445. The van der Waals surface area contributed by atoms with E-state index in [4.69, 9.17) is 5.73 Å². The molecule has 2 heterocycles. The van der Waals surface area contributed by atoms with Crippen LogP contribution in [0.25, 0.3) is 0 Å². The van der Waals surface area contributed by atoms with Crippen LogP contribution in [-0.4, -0.2) is 30.0 Å². The Hall–Kier alpha value is -0.610. The molecule has 4 nitrogen and oxygen atoms in total. The number of hydrazine groups is 1. The Morgan fingerprint density at radius 1 is 1.70 bits per heavy atom. The van der Waals surface area contributed by atoms with Gasteiger partial charge in [-0.3, -0.25) is 10.2 Å². The molecule has 56 valence electrons. The van der Waals surface area contributed by atoms with Crippen LogP contribution in [0.1, 0.15) is 6.42 Å². The molecule has 3 N–H and O–H groups in total. The van der Waals surface area contributed by atoms with Gasteiger partial charge in [-0.15, -0.1) is 0 Å². The van der Waals surface area contributed by atoms with E-state index in [2.05, 4.69) is 10.4 Å². The van der Waals surface area contributed by atoms with E-state index < -0.39 is 0 Å². The summed E-state index contributed by atoms with van der Waals surface area (Å²) in [5.74, 6) is -0.0461. The maximum Gasteiger partial charge on any atom is 0.222 e. The first-order chi connectivity index (χ1) is 4.79. The number of primary amides is 1. The zero-order valence-corrected chi connectivity index (χ0v) is 5.71. The van der Waals surface area contributed by atoms with Gasteiger partial charge in [-0.1, -0.05) is 0 Å². The number of hydrogen-bond acceptors (Lipinski definition) is 3. The lowest BCUT2D eigenvalue weighted by molar-refractivity contribution is -0.122. The molecule has 1 amide bonds. The van der Waals surface area contributed by atoms with Crippen LogP contribution in [0.15, 0.2) is 0 Å². The lowest BCUT2D eigenvalue weighted by Gasteiger charge is -2.19. The molecule has 0 aromatic heterocycles. The van der Waals surface area contributed by atoms with Crippen molar-refractivity contribution in [3.8, 4) is 0 Å². The molecule has 0 aromatic carbocycles. The normalized spacial score (nSPS) is 44.2. The molecule has 0 aliphatic carbocycles. The number of nitrogens with two attached hydrogens (primary N) is 1. The number of hydrogen-bond donors (Lipinski definition) is 2. The van der Waals surface area contributed by atoms with Gasteiger partial charge in [-0.25, -0.2) is 5.01 Å². The first-order valence-electron chi connectivity index (χ1n) is 3.58. The van der Waals surface area contributed by atoms with Crippen molar-refractivity contribution in [2.45, 2.75) is 12.5 Å². The van der Waals surface area contributed by atoms with Crippen molar-refractivity contribution in [3.05, 3.63) is 0 Å². The smallest absolute Gasteiger partial charge is 0.222 e. The number of fused-ring (bicyclic) bond motifs is 1. The number of amides is 1. The summed E-state index contributed by atoms with van der Waals surface area (Å²) in [6.07, 6.45) is 0.899. The average Bonchev–Trinajstić information content (AvgIpc) is 2.63. The molecule has 10 heavy (non-hydrogen) atoms. The lowest BCUT2D eigenvalue weighted by atomic mass is 10.0. The summed E-state index contributed by atoms with van der Waals surface area (Å²) in [6.45, 7) is 1.89. The third-order valence-electron chi connectivity index (χ3n) is 2.25. The van der Waals surface area contributed by atoms with Gasteiger partial charge in [0.25, 0.3) is 0 Å². The largest absolute Gasteiger partial charge is 0.369 e. The Bertz CT molecular complexity index is 170. The molecular formula is C6H11N3O. The van der Waals surface area contributed by atoms with Crippen LogP contribution in [0.2, 0.25) is 0 Å². The van der Waals surface area contributed by atoms with Crippen LogP contribution < -0.4 is 11.2 Å². The van der Waals surface area contributed by atoms with Crippen molar-refractivity contribution in [2.24, 2.45) is 11.7 Å². The van der Waals surface area contributed by atoms with Crippen LogP contribution >= 0.6 is 0 Å². The van der Waals surface area contributed by atoms with E-state index in [1.54, 1.807) is 0 Å². The number of nitrogens with one attached hydrogen (secondary N) is 1. The molecule has 2 aliphatic rings. The number of rotatable bonds is 1. The highest BCUT2D eigenvalue weighted by molar-refractivity contribution is 5.78. The topological polar surface area (TPSA) is 58.1 Å². The average molecular weight is 141 g/mol. The fraction of sp³-hybridized carbons (Fsp3) is 0.833. The summed E-state index contributed by atoms with van der Waals surface area (Å²) in [6, 6.07) is 0.409. The molecule has 2 fully saturated rings. The van der Waals surface area contributed by atoms with E-state index in [1.165, 1.54) is 0 Å². The van der Waals surface area contributed by atoms with Crippen molar-refractivity contribution in [1.82, 2.24) is 10.4 Å². The highest BCUT2D eigenvalue weighted by Crippen LogP contribution is 2.28. The van der Waals surface area contributed by atoms with Gasteiger partial charge in [0.2, 0.25) is 5.91 Å². The van der Waals surface area contributed by atoms with Crippen molar-refractivity contribution in [1.29, 1.82) is 0 Å². The monoisotopic (exact) mass is 141 g/mol. The molecule has 2 aliphatic heterocycles. The zero-order chi connectivity index (χ0) is 7.14. The minimum absolute atomic E-state index is 0.0984. The van der Waals surface area contributed by atoms with E-state index in [9.17, 15) is 4.79 Å². The van der Waals surface area contributed by atoms with Crippen molar-refractivity contribution in [3.63, 3.8) is 0 Å². The molecule has 3 atom stereocenters. The second kappa shape index (κ2) is 1.93. The SMILES string of the molecule is NC(=O)C1CCNN2CC12. The second-order valence-electron chi connectivity index (χ2n) is 2.93. The molecule has 0 bridgehead atoms. The van der Waals surface area contributed by atoms with Crippen LogP contribution in [0.3, 0.4) is 0 Å². The number of carbonyl (C=O) groups excluding carboxylic acids is 1. The van der Waals surface area contributed by atoms with Crippen LogP contribution in [0, 0.1) is 5.92 Å². The maximum absolute atomic E-state index is 10.8. The highest BCUT2D eigenvalue weighted by atomic mass is 16.1. The molecule has 4 heteroatoms. The standard InChI is InChI=1S/C6H11N3O/c7-6(10)4-1-2-8-9-3-5(4)9/h4-5,8H,1-3H2,(H2,7,10).